The standard InChI is InChI=1S/C13H13ClN2O/c1-16(8-6-14)13(17)11-4-5-12-10(9-11)3-2-7-15-12/h2-5,7,9H,6,8H2,1H3. The fraction of sp³-hybridized carbons (Fsp3) is 0.231. The molecule has 0 unspecified atom stereocenters. The highest BCUT2D eigenvalue weighted by molar-refractivity contribution is 6.18. The Morgan fingerprint density at radius 3 is 3.00 bits per heavy atom. The van der Waals surface area contributed by atoms with Gasteiger partial charge in [0.05, 0.1) is 5.52 Å². The average molecular weight is 249 g/mol. The van der Waals surface area contributed by atoms with Crippen LogP contribution in [0.15, 0.2) is 36.5 Å². The third-order valence-corrected chi connectivity index (χ3v) is 2.79. The van der Waals surface area contributed by atoms with E-state index in [0.29, 0.717) is 18.0 Å². The Hall–Kier alpha value is -1.61. The van der Waals surface area contributed by atoms with Gasteiger partial charge in [0.15, 0.2) is 0 Å². The molecule has 1 amide bonds. The molecule has 0 saturated carbocycles. The number of benzene rings is 1. The number of hydrogen-bond donors (Lipinski definition) is 0. The van der Waals surface area contributed by atoms with Crippen molar-refractivity contribution in [2.24, 2.45) is 0 Å². The van der Waals surface area contributed by atoms with Gasteiger partial charge in [-0.3, -0.25) is 9.78 Å². The van der Waals surface area contributed by atoms with Crippen molar-refractivity contribution in [1.82, 2.24) is 9.88 Å². The Bertz CT molecular complexity index is 542. The normalized spacial score (nSPS) is 10.5. The van der Waals surface area contributed by atoms with E-state index in [4.69, 9.17) is 11.6 Å². The van der Waals surface area contributed by atoms with Crippen LogP contribution in [0.2, 0.25) is 0 Å². The van der Waals surface area contributed by atoms with Crippen molar-refractivity contribution in [2.75, 3.05) is 19.5 Å². The molecular formula is C13H13ClN2O. The third kappa shape index (κ3) is 2.56. The highest BCUT2D eigenvalue weighted by Crippen LogP contribution is 2.14. The van der Waals surface area contributed by atoms with Gasteiger partial charge in [0.2, 0.25) is 0 Å². The van der Waals surface area contributed by atoms with Crippen molar-refractivity contribution >= 4 is 28.4 Å². The minimum atomic E-state index is -0.0172. The smallest absolute Gasteiger partial charge is 0.253 e. The lowest BCUT2D eigenvalue weighted by molar-refractivity contribution is 0.0803. The van der Waals surface area contributed by atoms with Crippen LogP contribution in [0.4, 0.5) is 0 Å². The number of fused-ring (bicyclic) bond motifs is 1. The summed E-state index contributed by atoms with van der Waals surface area (Å²) in [5.41, 5.74) is 1.56. The summed E-state index contributed by atoms with van der Waals surface area (Å²) in [6, 6.07) is 9.31. The summed E-state index contributed by atoms with van der Waals surface area (Å²) >= 11 is 5.62. The van der Waals surface area contributed by atoms with Crippen LogP contribution in [-0.2, 0) is 0 Å². The van der Waals surface area contributed by atoms with Crippen LogP contribution in [0.3, 0.4) is 0 Å². The first-order valence-electron chi connectivity index (χ1n) is 5.38. The Labute approximate surface area is 105 Å². The van der Waals surface area contributed by atoms with Crippen molar-refractivity contribution in [3.05, 3.63) is 42.1 Å². The number of carbonyl (C=O) groups is 1. The van der Waals surface area contributed by atoms with E-state index in [1.165, 1.54) is 0 Å². The van der Waals surface area contributed by atoms with Gasteiger partial charge in [-0.15, -0.1) is 11.6 Å². The van der Waals surface area contributed by atoms with Crippen molar-refractivity contribution < 1.29 is 4.79 Å². The Morgan fingerprint density at radius 2 is 2.24 bits per heavy atom. The first-order valence-corrected chi connectivity index (χ1v) is 5.92. The number of amides is 1. The molecule has 0 fully saturated rings. The van der Waals surface area contributed by atoms with Crippen LogP contribution in [0.5, 0.6) is 0 Å². The zero-order valence-corrected chi connectivity index (χ0v) is 10.3. The lowest BCUT2D eigenvalue weighted by atomic mass is 10.1. The molecule has 0 N–H and O–H groups in total. The van der Waals surface area contributed by atoms with Gasteiger partial charge >= 0.3 is 0 Å². The second-order valence-electron chi connectivity index (χ2n) is 3.83. The molecule has 0 atom stereocenters. The Balaban J connectivity index is 2.33. The second-order valence-corrected chi connectivity index (χ2v) is 4.20. The average Bonchev–Trinajstić information content (AvgIpc) is 2.37. The number of pyridine rings is 1. The summed E-state index contributed by atoms with van der Waals surface area (Å²) < 4.78 is 0. The molecule has 0 saturated heterocycles. The summed E-state index contributed by atoms with van der Waals surface area (Å²) in [5.74, 6) is 0.425. The molecule has 0 radical (unpaired) electrons. The second kappa shape index (κ2) is 5.15. The topological polar surface area (TPSA) is 33.2 Å². The lowest BCUT2D eigenvalue weighted by Gasteiger charge is -2.15. The number of hydrogen-bond acceptors (Lipinski definition) is 2. The van der Waals surface area contributed by atoms with Gasteiger partial charge in [-0.25, -0.2) is 0 Å². The van der Waals surface area contributed by atoms with E-state index >= 15 is 0 Å². The molecule has 0 bridgehead atoms. The Morgan fingerprint density at radius 1 is 1.41 bits per heavy atom. The van der Waals surface area contributed by atoms with Crippen LogP contribution in [-0.4, -0.2) is 35.3 Å². The largest absolute Gasteiger partial charge is 0.341 e. The van der Waals surface area contributed by atoms with Crippen molar-refractivity contribution in [3.8, 4) is 0 Å². The van der Waals surface area contributed by atoms with Crippen LogP contribution in [0, 0.1) is 0 Å². The molecule has 0 aliphatic rings. The van der Waals surface area contributed by atoms with Crippen LogP contribution in [0.25, 0.3) is 10.9 Å². The van der Waals surface area contributed by atoms with Crippen molar-refractivity contribution in [2.45, 2.75) is 0 Å². The summed E-state index contributed by atoms with van der Waals surface area (Å²) in [6.45, 7) is 0.547. The van der Waals surface area contributed by atoms with E-state index in [1.54, 1.807) is 24.2 Å². The highest BCUT2D eigenvalue weighted by atomic mass is 35.5. The van der Waals surface area contributed by atoms with Crippen LogP contribution in [0.1, 0.15) is 10.4 Å². The van der Waals surface area contributed by atoms with Gasteiger partial charge in [0.25, 0.3) is 5.91 Å². The van der Waals surface area contributed by atoms with Crippen molar-refractivity contribution in [1.29, 1.82) is 0 Å². The monoisotopic (exact) mass is 248 g/mol. The predicted molar refractivity (Wildman–Crippen MR) is 69.4 cm³/mol. The van der Waals surface area contributed by atoms with Crippen molar-refractivity contribution in [3.63, 3.8) is 0 Å². The van der Waals surface area contributed by atoms with Gasteiger partial charge in [-0.05, 0) is 24.3 Å². The molecule has 2 rings (SSSR count). The maximum absolute atomic E-state index is 12.0. The van der Waals surface area contributed by atoms with E-state index in [0.717, 1.165) is 10.9 Å². The molecule has 88 valence electrons. The zero-order chi connectivity index (χ0) is 12.3. The fourth-order valence-electron chi connectivity index (χ4n) is 1.66. The minimum absolute atomic E-state index is 0.0172. The van der Waals surface area contributed by atoms with E-state index in [2.05, 4.69) is 4.98 Å². The molecule has 0 aliphatic heterocycles. The summed E-state index contributed by atoms with van der Waals surface area (Å²) in [4.78, 5) is 17.9. The van der Waals surface area contributed by atoms with E-state index < -0.39 is 0 Å². The number of halogens is 1. The third-order valence-electron chi connectivity index (χ3n) is 2.62. The van der Waals surface area contributed by atoms with Gasteiger partial charge in [-0.2, -0.15) is 0 Å². The van der Waals surface area contributed by atoms with Gasteiger partial charge in [0, 0.05) is 36.6 Å². The molecule has 1 aromatic carbocycles. The number of alkyl halides is 1. The maximum atomic E-state index is 12.0. The fourth-order valence-corrected chi connectivity index (χ4v) is 1.91. The molecule has 3 nitrogen and oxygen atoms in total. The Kier molecular flexibility index (Phi) is 3.59. The summed E-state index contributed by atoms with van der Waals surface area (Å²) in [6.07, 6.45) is 1.74. The lowest BCUT2D eigenvalue weighted by Crippen LogP contribution is -2.28. The molecule has 1 heterocycles. The van der Waals surface area contributed by atoms with E-state index in [1.807, 2.05) is 24.3 Å². The van der Waals surface area contributed by atoms with Crippen LogP contribution < -0.4 is 0 Å². The first kappa shape index (κ1) is 11.9. The SMILES string of the molecule is CN(CCCl)C(=O)c1ccc2ncccc2c1. The predicted octanol–water partition coefficient (Wildman–Crippen LogP) is 2.55. The van der Waals surface area contributed by atoms with E-state index in [-0.39, 0.29) is 5.91 Å². The zero-order valence-electron chi connectivity index (χ0n) is 9.56. The van der Waals surface area contributed by atoms with Gasteiger partial charge in [-0.1, -0.05) is 6.07 Å². The first-order chi connectivity index (χ1) is 8.22. The van der Waals surface area contributed by atoms with Crippen LogP contribution >= 0.6 is 11.6 Å². The molecule has 17 heavy (non-hydrogen) atoms. The number of nitrogens with zero attached hydrogens (tertiary/aromatic N) is 2. The van der Waals surface area contributed by atoms with E-state index in [9.17, 15) is 4.79 Å². The highest BCUT2D eigenvalue weighted by Gasteiger charge is 2.11. The molecule has 2 aromatic rings. The minimum Gasteiger partial charge on any atom is -0.341 e. The maximum Gasteiger partial charge on any atom is 0.253 e. The molecular weight excluding hydrogens is 236 g/mol. The molecule has 0 aliphatic carbocycles. The summed E-state index contributed by atoms with van der Waals surface area (Å²) in [5, 5.41) is 0.970. The molecule has 0 spiro atoms. The van der Waals surface area contributed by atoms with Gasteiger partial charge < -0.3 is 4.90 Å². The number of carbonyl (C=O) groups excluding carboxylic acids is 1. The number of aromatic nitrogens is 1. The number of rotatable bonds is 3. The van der Waals surface area contributed by atoms with Gasteiger partial charge in [0.1, 0.15) is 0 Å². The quantitative estimate of drug-likeness (QED) is 0.782. The molecule has 1 aromatic heterocycles. The summed E-state index contributed by atoms with van der Waals surface area (Å²) in [7, 11) is 1.75. The molecule has 4 heteroatoms.